The van der Waals surface area contributed by atoms with Gasteiger partial charge in [-0.1, -0.05) is 0 Å². The summed E-state index contributed by atoms with van der Waals surface area (Å²) in [5.74, 6) is 3.44. The van der Waals surface area contributed by atoms with Crippen molar-refractivity contribution >= 4 is 34.7 Å². The van der Waals surface area contributed by atoms with Crippen molar-refractivity contribution in [1.82, 2.24) is 5.32 Å². The normalized spacial score (nSPS) is 16.7. The molecule has 1 aliphatic rings. The summed E-state index contributed by atoms with van der Waals surface area (Å²) in [7, 11) is 0. The number of hydrogen-bond donors (Lipinski definition) is 2. The molecule has 1 saturated heterocycles. The number of anilines is 1. The van der Waals surface area contributed by atoms with Crippen LogP contribution in [0.5, 0.6) is 0 Å². The Morgan fingerprint density at radius 1 is 1.44 bits per heavy atom. The van der Waals surface area contributed by atoms with Gasteiger partial charge < -0.3 is 10.6 Å². The molecule has 0 spiro atoms. The third kappa shape index (κ3) is 4.30. The number of rotatable bonds is 5. The smallest absolute Gasteiger partial charge is 0.221 e. The zero-order chi connectivity index (χ0) is 12.8. The fraction of sp³-hybridized carbons (Fsp3) is 0.615. The number of amides is 1. The van der Waals surface area contributed by atoms with Crippen LogP contribution >= 0.6 is 23.1 Å². The second-order valence-electron chi connectivity index (χ2n) is 4.63. The number of thiophene rings is 1. The van der Waals surface area contributed by atoms with E-state index in [2.05, 4.69) is 22.4 Å². The van der Waals surface area contributed by atoms with E-state index in [1.165, 1.54) is 29.2 Å². The molecule has 0 radical (unpaired) electrons. The van der Waals surface area contributed by atoms with Gasteiger partial charge in [-0.3, -0.25) is 4.79 Å². The summed E-state index contributed by atoms with van der Waals surface area (Å²) >= 11 is 3.76. The van der Waals surface area contributed by atoms with E-state index in [-0.39, 0.29) is 5.91 Å². The van der Waals surface area contributed by atoms with E-state index < -0.39 is 0 Å². The van der Waals surface area contributed by atoms with Crippen LogP contribution in [0.3, 0.4) is 0 Å². The van der Waals surface area contributed by atoms with Gasteiger partial charge in [-0.25, -0.2) is 0 Å². The van der Waals surface area contributed by atoms with Gasteiger partial charge in [0, 0.05) is 18.3 Å². The Morgan fingerprint density at radius 2 is 2.22 bits per heavy atom. The first-order chi connectivity index (χ1) is 8.75. The molecule has 1 fully saturated rings. The summed E-state index contributed by atoms with van der Waals surface area (Å²) < 4.78 is 0. The highest BCUT2D eigenvalue weighted by molar-refractivity contribution is 7.99. The van der Waals surface area contributed by atoms with E-state index in [9.17, 15) is 4.79 Å². The maximum Gasteiger partial charge on any atom is 0.221 e. The Kier molecular flexibility index (Phi) is 5.53. The first-order valence-electron chi connectivity index (χ1n) is 6.38. The topological polar surface area (TPSA) is 41.1 Å². The summed E-state index contributed by atoms with van der Waals surface area (Å²) in [5, 5.41) is 8.42. The fourth-order valence-corrected chi connectivity index (χ4v) is 4.12. The zero-order valence-electron chi connectivity index (χ0n) is 10.7. The van der Waals surface area contributed by atoms with Crippen LogP contribution in [-0.2, 0) is 11.3 Å². The number of carbonyl (C=O) groups is 1. The molecule has 1 aliphatic heterocycles. The van der Waals surface area contributed by atoms with Gasteiger partial charge >= 0.3 is 0 Å². The van der Waals surface area contributed by atoms with Crippen molar-refractivity contribution in [3.05, 3.63) is 16.3 Å². The van der Waals surface area contributed by atoms with E-state index >= 15 is 0 Å². The molecule has 2 N–H and O–H groups in total. The van der Waals surface area contributed by atoms with Crippen molar-refractivity contribution < 1.29 is 4.79 Å². The highest BCUT2D eigenvalue weighted by Gasteiger charge is 2.13. The Morgan fingerprint density at radius 3 is 2.94 bits per heavy atom. The number of nitrogens with one attached hydrogen (secondary N) is 2. The molecule has 2 rings (SSSR count). The minimum absolute atomic E-state index is 0.000967. The van der Waals surface area contributed by atoms with Gasteiger partial charge in [0.15, 0.2) is 0 Å². The SMILES string of the molecule is CC(=O)Nc1ccsc1CNCC1CCSCC1. The molecule has 0 bridgehead atoms. The summed E-state index contributed by atoms with van der Waals surface area (Å²) in [6.07, 6.45) is 2.67. The first-order valence-corrected chi connectivity index (χ1v) is 8.41. The van der Waals surface area contributed by atoms with Gasteiger partial charge in [0.25, 0.3) is 0 Å². The Labute approximate surface area is 117 Å². The van der Waals surface area contributed by atoms with Crippen molar-refractivity contribution in [2.45, 2.75) is 26.3 Å². The van der Waals surface area contributed by atoms with Crippen LogP contribution in [0.2, 0.25) is 0 Å². The molecule has 18 heavy (non-hydrogen) atoms. The van der Waals surface area contributed by atoms with E-state index in [4.69, 9.17) is 0 Å². The van der Waals surface area contributed by atoms with Gasteiger partial charge in [-0.2, -0.15) is 11.8 Å². The van der Waals surface area contributed by atoms with Crippen molar-refractivity contribution in [2.24, 2.45) is 5.92 Å². The second-order valence-corrected chi connectivity index (χ2v) is 6.85. The molecule has 0 saturated carbocycles. The second kappa shape index (κ2) is 7.16. The molecule has 0 unspecified atom stereocenters. The molecule has 1 aromatic rings. The van der Waals surface area contributed by atoms with Crippen LogP contribution in [0.25, 0.3) is 0 Å². The van der Waals surface area contributed by atoms with Crippen LogP contribution in [-0.4, -0.2) is 24.0 Å². The molecule has 0 aliphatic carbocycles. The predicted molar refractivity (Wildman–Crippen MR) is 80.4 cm³/mol. The minimum atomic E-state index is -0.000967. The van der Waals surface area contributed by atoms with Gasteiger partial charge in [0.05, 0.1) is 5.69 Å². The summed E-state index contributed by atoms with van der Waals surface area (Å²) in [6, 6.07) is 1.97. The van der Waals surface area contributed by atoms with E-state index in [0.29, 0.717) is 0 Å². The third-order valence-electron chi connectivity index (χ3n) is 3.12. The quantitative estimate of drug-likeness (QED) is 0.873. The van der Waals surface area contributed by atoms with Crippen LogP contribution in [0.4, 0.5) is 5.69 Å². The molecular formula is C13H20N2OS2. The maximum atomic E-state index is 11.1. The fourth-order valence-electron chi connectivity index (χ4n) is 2.12. The van der Waals surface area contributed by atoms with Gasteiger partial charge in [0.1, 0.15) is 0 Å². The van der Waals surface area contributed by atoms with Gasteiger partial charge in [0.2, 0.25) is 5.91 Å². The predicted octanol–water partition coefficient (Wildman–Crippen LogP) is 2.94. The molecule has 0 atom stereocenters. The van der Waals surface area contributed by atoms with Crippen molar-refractivity contribution in [2.75, 3.05) is 23.4 Å². The molecule has 5 heteroatoms. The summed E-state index contributed by atoms with van der Waals surface area (Å²) in [6.45, 7) is 3.50. The lowest BCUT2D eigenvalue weighted by molar-refractivity contribution is -0.114. The maximum absolute atomic E-state index is 11.1. The average molecular weight is 284 g/mol. The van der Waals surface area contributed by atoms with E-state index in [0.717, 1.165) is 24.7 Å². The monoisotopic (exact) mass is 284 g/mol. The lowest BCUT2D eigenvalue weighted by atomic mass is 10.0. The Hall–Kier alpha value is -0.520. The molecule has 0 aromatic carbocycles. The molecular weight excluding hydrogens is 264 g/mol. The molecule has 1 amide bonds. The summed E-state index contributed by atoms with van der Waals surface area (Å²) in [4.78, 5) is 12.3. The van der Waals surface area contributed by atoms with Gasteiger partial charge in [-0.05, 0) is 48.3 Å². The minimum Gasteiger partial charge on any atom is -0.325 e. The van der Waals surface area contributed by atoms with Crippen molar-refractivity contribution in [1.29, 1.82) is 0 Å². The highest BCUT2D eigenvalue weighted by Crippen LogP contribution is 2.24. The van der Waals surface area contributed by atoms with Crippen LogP contribution in [0.15, 0.2) is 11.4 Å². The zero-order valence-corrected chi connectivity index (χ0v) is 12.3. The van der Waals surface area contributed by atoms with E-state index in [1.54, 1.807) is 18.3 Å². The Balaban J connectivity index is 1.75. The largest absolute Gasteiger partial charge is 0.325 e. The lowest BCUT2D eigenvalue weighted by Gasteiger charge is -2.21. The van der Waals surface area contributed by atoms with Gasteiger partial charge in [-0.15, -0.1) is 11.3 Å². The standard InChI is InChI=1S/C13H20N2OS2/c1-10(16)15-12-4-7-18-13(12)9-14-8-11-2-5-17-6-3-11/h4,7,11,14H,2-3,5-6,8-9H2,1H3,(H,15,16). The molecule has 1 aromatic heterocycles. The highest BCUT2D eigenvalue weighted by atomic mass is 32.2. The molecule has 3 nitrogen and oxygen atoms in total. The summed E-state index contributed by atoms with van der Waals surface area (Å²) in [5.41, 5.74) is 0.958. The Bertz CT molecular complexity index is 386. The first kappa shape index (κ1) is 13.9. The lowest BCUT2D eigenvalue weighted by Crippen LogP contribution is -2.25. The number of thioether (sulfide) groups is 1. The third-order valence-corrected chi connectivity index (χ3v) is 5.09. The van der Waals surface area contributed by atoms with Crippen molar-refractivity contribution in [3.63, 3.8) is 0 Å². The molecule has 100 valence electrons. The number of hydrogen-bond acceptors (Lipinski definition) is 4. The van der Waals surface area contributed by atoms with E-state index in [1.807, 2.05) is 11.4 Å². The average Bonchev–Trinajstić information content (AvgIpc) is 2.77. The van der Waals surface area contributed by atoms with Crippen LogP contribution in [0, 0.1) is 5.92 Å². The van der Waals surface area contributed by atoms with Crippen molar-refractivity contribution in [3.8, 4) is 0 Å². The van der Waals surface area contributed by atoms with Crippen LogP contribution < -0.4 is 10.6 Å². The van der Waals surface area contributed by atoms with Crippen LogP contribution in [0.1, 0.15) is 24.6 Å². The molecule has 2 heterocycles. The number of carbonyl (C=O) groups excluding carboxylic acids is 1.